The second-order valence-corrected chi connectivity index (χ2v) is 8.19. The van der Waals surface area contributed by atoms with Crippen molar-refractivity contribution in [2.75, 3.05) is 19.7 Å². The van der Waals surface area contributed by atoms with Crippen LogP contribution in [0.25, 0.3) is 0 Å². The van der Waals surface area contributed by atoms with E-state index in [4.69, 9.17) is 5.11 Å². The molecule has 2 aromatic carbocycles. The number of aliphatic hydroxyl groups excluding tert-OH is 1. The summed E-state index contributed by atoms with van der Waals surface area (Å²) < 4.78 is 0. The number of hydrogen-bond acceptors (Lipinski definition) is 3. The standard InChI is InChI=1S/C23H27NO2/c1-17-3-2-4-18(11-17)14-24-10-9-23(16-24)8-7-19-5-6-20(22(26)15-25)12-21(19)13-23/h2-6,11-12,25H,7-10,13-16H2,1H3. The minimum atomic E-state index is -0.409. The molecule has 1 unspecified atom stereocenters. The van der Waals surface area contributed by atoms with Crippen molar-refractivity contribution < 1.29 is 9.90 Å². The van der Waals surface area contributed by atoms with Crippen molar-refractivity contribution in [3.63, 3.8) is 0 Å². The molecule has 2 aliphatic rings. The SMILES string of the molecule is Cc1cccc(CN2CCC3(CCc4ccc(C(=O)CO)cc4C3)C2)c1. The minimum Gasteiger partial charge on any atom is -0.388 e. The molecule has 0 radical (unpaired) electrons. The Kier molecular flexibility index (Phi) is 4.68. The number of aryl methyl sites for hydroxylation is 2. The summed E-state index contributed by atoms with van der Waals surface area (Å²) in [6, 6.07) is 14.8. The van der Waals surface area contributed by atoms with Gasteiger partial charge in [-0.05, 0) is 67.3 Å². The van der Waals surface area contributed by atoms with Gasteiger partial charge >= 0.3 is 0 Å². The van der Waals surface area contributed by atoms with Gasteiger partial charge in [0.2, 0.25) is 0 Å². The number of fused-ring (bicyclic) bond motifs is 1. The zero-order valence-corrected chi connectivity index (χ0v) is 15.5. The molecule has 0 amide bonds. The van der Waals surface area contributed by atoms with Crippen molar-refractivity contribution in [2.45, 2.75) is 39.2 Å². The number of aliphatic hydroxyl groups is 1. The zero-order valence-electron chi connectivity index (χ0n) is 15.5. The summed E-state index contributed by atoms with van der Waals surface area (Å²) in [5.41, 5.74) is 6.41. The Morgan fingerprint density at radius 1 is 1.15 bits per heavy atom. The van der Waals surface area contributed by atoms with Gasteiger partial charge in [-0.2, -0.15) is 0 Å². The van der Waals surface area contributed by atoms with Crippen LogP contribution in [0.15, 0.2) is 42.5 Å². The van der Waals surface area contributed by atoms with Crippen molar-refractivity contribution in [1.82, 2.24) is 4.90 Å². The quantitative estimate of drug-likeness (QED) is 0.858. The molecule has 3 nitrogen and oxygen atoms in total. The van der Waals surface area contributed by atoms with Crippen molar-refractivity contribution in [2.24, 2.45) is 5.41 Å². The van der Waals surface area contributed by atoms with Gasteiger partial charge in [0.1, 0.15) is 6.61 Å². The smallest absolute Gasteiger partial charge is 0.188 e. The van der Waals surface area contributed by atoms with Crippen LogP contribution in [-0.2, 0) is 19.4 Å². The molecule has 26 heavy (non-hydrogen) atoms. The number of Topliss-reactive ketones (excluding diaryl/α,β-unsaturated/α-hetero) is 1. The first kappa shape index (κ1) is 17.4. The van der Waals surface area contributed by atoms with E-state index >= 15 is 0 Å². The molecular weight excluding hydrogens is 322 g/mol. The third-order valence-electron chi connectivity index (χ3n) is 6.17. The van der Waals surface area contributed by atoms with E-state index in [0.717, 1.165) is 32.5 Å². The lowest BCUT2D eigenvalue weighted by Gasteiger charge is -2.35. The largest absolute Gasteiger partial charge is 0.388 e. The Labute approximate surface area is 155 Å². The second kappa shape index (κ2) is 6.98. The van der Waals surface area contributed by atoms with Crippen LogP contribution in [0.3, 0.4) is 0 Å². The molecule has 1 saturated heterocycles. The summed E-state index contributed by atoms with van der Waals surface area (Å²) in [4.78, 5) is 14.4. The van der Waals surface area contributed by atoms with Gasteiger partial charge in [0.05, 0.1) is 0 Å². The molecule has 0 aromatic heterocycles. The molecule has 1 spiro atoms. The lowest BCUT2D eigenvalue weighted by molar-refractivity contribution is 0.0903. The highest BCUT2D eigenvalue weighted by molar-refractivity contribution is 5.97. The molecule has 1 atom stereocenters. The van der Waals surface area contributed by atoms with Gasteiger partial charge in [-0.15, -0.1) is 0 Å². The molecule has 3 heteroatoms. The number of benzene rings is 2. The third-order valence-corrected chi connectivity index (χ3v) is 6.17. The van der Waals surface area contributed by atoms with Crippen molar-refractivity contribution in [3.05, 3.63) is 70.3 Å². The number of ketones is 1. The van der Waals surface area contributed by atoms with Crippen LogP contribution >= 0.6 is 0 Å². The highest BCUT2D eigenvalue weighted by Gasteiger charge is 2.40. The fourth-order valence-corrected chi connectivity index (χ4v) is 4.77. The molecule has 1 aliphatic carbocycles. The zero-order chi connectivity index (χ0) is 18.1. The number of likely N-dealkylation sites (tertiary alicyclic amines) is 1. The summed E-state index contributed by atoms with van der Waals surface area (Å²) in [5.74, 6) is -0.181. The first-order valence-corrected chi connectivity index (χ1v) is 9.61. The molecule has 1 N–H and O–H groups in total. The molecule has 4 rings (SSSR count). The van der Waals surface area contributed by atoms with Crippen molar-refractivity contribution in [3.8, 4) is 0 Å². The monoisotopic (exact) mass is 349 g/mol. The summed E-state index contributed by atoms with van der Waals surface area (Å²) in [5, 5.41) is 9.14. The molecule has 1 heterocycles. The number of rotatable bonds is 4. The number of carbonyl (C=O) groups is 1. The highest BCUT2D eigenvalue weighted by atomic mass is 16.3. The molecule has 136 valence electrons. The van der Waals surface area contributed by atoms with Gasteiger partial charge in [-0.25, -0.2) is 0 Å². The van der Waals surface area contributed by atoms with Gasteiger partial charge < -0.3 is 5.11 Å². The maximum atomic E-state index is 11.8. The normalized spacial score (nSPS) is 22.5. The van der Waals surface area contributed by atoms with Crippen molar-refractivity contribution >= 4 is 5.78 Å². The fourth-order valence-electron chi connectivity index (χ4n) is 4.77. The van der Waals surface area contributed by atoms with Crippen LogP contribution in [0, 0.1) is 12.3 Å². The maximum absolute atomic E-state index is 11.8. The Morgan fingerprint density at radius 2 is 2.04 bits per heavy atom. The minimum absolute atomic E-state index is 0.181. The maximum Gasteiger partial charge on any atom is 0.188 e. The lowest BCUT2D eigenvalue weighted by atomic mass is 9.70. The average molecular weight is 349 g/mol. The third kappa shape index (κ3) is 3.46. The van der Waals surface area contributed by atoms with E-state index in [1.165, 1.54) is 35.1 Å². The Morgan fingerprint density at radius 3 is 2.85 bits per heavy atom. The predicted octanol–water partition coefficient (Wildman–Crippen LogP) is 3.55. The van der Waals surface area contributed by atoms with Gasteiger partial charge in [-0.3, -0.25) is 9.69 Å². The summed E-state index contributed by atoms with van der Waals surface area (Å²) in [6.45, 7) is 5.06. The van der Waals surface area contributed by atoms with Crippen LogP contribution in [0.2, 0.25) is 0 Å². The van der Waals surface area contributed by atoms with Gasteiger partial charge in [0.25, 0.3) is 0 Å². The Hall–Kier alpha value is -1.97. The topological polar surface area (TPSA) is 40.5 Å². The van der Waals surface area contributed by atoms with Gasteiger partial charge in [0.15, 0.2) is 5.78 Å². The Bertz CT molecular complexity index is 829. The molecule has 0 saturated carbocycles. The second-order valence-electron chi connectivity index (χ2n) is 8.19. The van der Waals surface area contributed by atoms with E-state index < -0.39 is 6.61 Å². The first-order valence-electron chi connectivity index (χ1n) is 9.61. The van der Waals surface area contributed by atoms with Crippen LogP contribution < -0.4 is 0 Å². The molecule has 2 aromatic rings. The van der Waals surface area contributed by atoms with E-state index in [0.29, 0.717) is 11.0 Å². The summed E-state index contributed by atoms with van der Waals surface area (Å²) in [6.07, 6.45) is 4.62. The number of nitrogens with zero attached hydrogens (tertiary/aromatic N) is 1. The van der Waals surface area contributed by atoms with Crippen molar-refractivity contribution in [1.29, 1.82) is 0 Å². The summed E-state index contributed by atoms with van der Waals surface area (Å²) >= 11 is 0. The Balaban J connectivity index is 1.48. The molecular formula is C23H27NO2. The van der Waals surface area contributed by atoms with E-state index in [9.17, 15) is 4.79 Å². The summed E-state index contributed by atoms with van der Waals surface area (Å²) in [7, 11) is 0. The number of hydrogen-bond donors (Lipinski definition) is 1. The predicted molar refractivity (Wildman–Crippen MR) is 103 cm³/mol. The van der Waals surface area contributed by atoms with Gasteiger partial charge in [-0.1, -0.05) is 42.0 Å². The highest BCUT2D eigenvalue weighted by Crippen LogP contribution is 2.43. The molecule has 0 bridgehead atoms. The average Bonchev–Trinajstić information content (AvgIpc) is 3.02. The molecule has 1 aliphatic heterocycles. The van der Waals surface area contributed by atoms with Crippen LogP contribution in [0.4, 0.5) is 0 Å². The first-order chi connectivity index (χ1) is 12.6. The van der Waals surface area contributed by atoms with E-state index in [1.54, 1.807) is 0 Å². The van der Waals surface area contributed by atoms with Crippen LogP contribution in [-0.4, -0.2) is 35.5 Å². The van der Waals surface area contributed by atoms with Crippen LogP contribution in [0.5, 0.6) is 0 Å². The van der Waals surface area contributed by atoms with E-state index in [1.807, 2.05) is 12.1 Å². The van der Waals surface area contributed by atoms with E-state index in [-0.39, 0.29) is 5.78 Å². The van der Waals surface area contributed by atoms with Crippen LogP contribution in [0.1, 0.15) is 45.5 Å². The molecule has 1 fully saturated rings. The fraction of sp³-hybridized carbons (Fsp3) is 0.435. The lowest BCUT2D eigenvalue weighted by Crippen LogP contribution is -2.32. The van der Waals surface area contributed by atoms with E-state index in [2.05, 4.69) is 42.2 Å². The number of carbonyl (C=O) groups excluding carboxylic acids is 1. The van der Waals surface area contributed by atoms with Gasteiger partial charge in [0, 0.05) is 18.7 Å².